The molecule has 5 heteroatoms. The second-order valence-electron chi connectivity index (χ2n) is 6.50. The fourth-order valence-corrected chi connectivity index (χ4v) is 4.18. The van der Waals surface area contributed by atoms with Crippen LogP contribution in [-0.2, 0) is 14.3 Å². The fourth-order valence-electron chi connectivity index (χ4n) is 4.18. The molecule has 2 aliphatic carbocycles. The number of carbonyl (C=O) groups is 2. The van der Waals surface area contributed by atoms with Crippen LogP contribution in [0.1, 0.15) is 6.42 Å². The van der Waals surface area contributed by atoms with Crippen LogP contribution in [-0.4, -0.2) is 61.0 Å². The van der Waals surface area contributed by atoms with Gasteiger partial charge in [0.15, 0.2) is 0 Å². The quantitative estimate of drug-likeness (QED) is 0.413. The summed E-state index contributed by atoms with van der Waals surface area (Å²) < 4.78 is 5.29. The molecular formula is C17H20N2O3. The van der Waals surface area contributed by atoms with E-state index in [4.69, 9.17) is 4.74 Å². The average molecular weight is 300 g/mol. The van der Waals surface area contributed by atoms with Gasteiger partial charge in [0.2, 0.25) is 11.8 Å². The first-order chi connectivity index (χ1) is 10.8. The number of ether oxygens (including phenoxy) is 1. The SMILES string of the molecule is O=C1C2C3C=CC(C3)C2C(=O)N1CC#CCN1CCOCC1. The standard InChI is InChI=1S/C17H20N2O3/c20-16-14-12-3-4-13(11-12)15(14)17(21)19(16)6-2-1-5-18-7-9-22-10-8-18/h3-4,12-15H,5-11H2. The van der Waals surface area contributed by atoms with E-state index >= 15 is 0 Å². The molecule has 4 unspecified atom stereocenters. The Bertz CT molecular complexity index is 552. The van der Waals surface area contributed by atoms with E-state index in [-0.39, 0.29) is 42.0 Å². The minimum absolute atomic E-state index is 0.00692. The first kappa shape index (κ1) is 14.0. The lowest BCUT2D eigenvalue weighted by Gasteiger charge is -2.24. The van der Waals surface area contributed by atoms with Gasteiger partial charge in [-0.1, -0.05) is 24.0 Å². The van der Waals surface area contributed by atoms with Crippen molar-refractivity contribution >= 4 is 11.8 Å². The molecule has 2 heterocycles. The zero-order valence-corrected chi connectivity index (χ0v) is 12.5. The first-order valence-corrected chi connectivity index (χ1v) is 8.05. The van der Waals surface area contributed by atoms with Gasteiger partial charge in [0.05, 0.1) is 38.1 Å². The van der Waals surface area contributed by atoms with Crippen molar-refractivity contribution in [2.45, 2.75) is 6.42 Å². The van der Waals surface area contributed by atoms with Crippen LogP contribution in [0.2, 0.25) is 0 Å². The van der Waals surface area contributed by atoms with Crippen LogP contribution in [0, 0.1) is 35.5 Å². The number of hydrogen-bond acceptors (Lipinski definition) is 4. The molecule has 4 aliphatic rings. The predicted molar refractivity (Wildman–Crippen MR) is 79.5 cm³/mol. The molecule has 0 radical (unpaired) electrons. The maximum absolute atomic E-state index is 12.5. The number of allylic oxidation sites excluding steroid dienone is 2. The summed E-state index contributed by atoms with van der Waals surface area (Å²) in [5, 5.41) is 0. The number of nitrogens with zero attached hydrogens (tertiary/aromatic N) is 2. The van der Waals surface area contributed by atoms with E-state index < -0.39 is 0 Å². The molecule has 5 nitrogen and oxygen atoms in total. The van der Waals surface area contributed by atoms with Gasteiger partial charge in [-0.05, 0) is 18.3 Å². The lowest BCUT2D eigenvalue weighted by molar-refractivity contribution is -0.139. The number of rotatable bonds is 2. The number of morpholine rings is 1. The summed E-state index contributed by atoms with van der Waals surface area (Å²) >= 11 is 0. The van der Waals surface area contributed by atoms with Crippen molar-refractivity contribution in [1.29, 1.82) is 0 Å². The highest BCUT2D eigenvalue weighted by Crippen LogP contribution is 2.52. The molecule has 22 heavy (non-hydrogen) atoms. The molecule has 0 aromatic carbocycles. The average Bonchev–Trinajstić information content (AvgIpc) is 3.21. The zero-order valence-electron chi connectivity index (χ0n) is 12.5. The summed E-state index contributed by atoms with van der Waals surface area (Å²) in [5.74, 6) is 6.41. The van der Waals surface area contributed by atoms with Crippen molar-refractivity contribution in [3.8, 4) is 11.8 Å². The number of amides is 2. The van der Waals surface area contributed by atoms with Gasteiger partial charge >= 0.3 is 0 Å². The molecule has 4 atom stereocenters. The summed E-state index contributed by atoms with van der Waals surface area (Å²) in [6, 6.07) is 0. The van der Waals surface area contributed by atoms with Crippen LogP contribution < -0.4 is 0 Å². The van der Waals surface area contributed by atoms with Gasteiger partial charge in [-0.3, -0.25) is 19.4 Å². The van der Waals surface area contributed by atoms with Gasteiger partial charge in [-0.25, -0.2) is 0 Å². The number of carbonyl (C=O) groups excluding carboxylic acids is 2. The van der Waals surface area contributed by atoms with Crippen molar-refractivity contribution in [3.05, 3.63) is 12.2 Å². The van der Waals surface area contributed by atoms with Gasteiger partial charge in [0.1, 0.15) is 0 Å². The third-order valence-corrected chi connectivity index (χ3v) is 5.33. The number of hydrogen-bond donors (Lipinski definition) is 0. The lowest BCUT2D eigenvalue weighted by Crippen LogP contribution is -2.36. The summed E-state index contributed by atoms with van der Waals surface area (Å²) in [7, 11) is 0. The van der Waals surface area contributed by atoms with Gasteiger partial charge in [-0.15, -0.1) is 0 Å². The molecule has 4 rings (SSSR count). The monoisotopic (exact) mass is 300 g/mol. The van der Waals surface area contributed by atoms with Crippen LogP contribution in [0.5, 0.6) is 0 Å². The maximum atomic E-state index is 12.5. The molecule has 2 aliphatic heterocycles. The highest BCUT2D eigenvalue weighted by Gasteiger charge is 2.58. The van der Waals surface area contributed by atoms with Gasteiger partial charge in [0.25, 0.3) is 0 Å². The van der Waals surface area contributed by atoms with Gasteiger partial charge in [-0.2, -0.15) is 0 Å². The number of imide groups is 1. The molecule has 1 saturated carbocycles. The molecule has 0 aromatic heterocycles. The summed E-state index contributed by atoms with van der Waals surface area (Å²) in [6.45, 7) is 4.23. The van der Waals surface area contributed by atoms with Crippen molar-refractivity contribution in [3.63, 3.8) is 0 Å². The molecule has 0 aromatic rings. The van der Waals surface area contributed by atoms with E-state index in [2.05, 4.69) is 28.9 Å². The maximum Gasteiger partial charge on any atom is 0.234 e. The van der Waals surface area contributed by atoms with Crippen LogP contribution in [0.4, 0.5) is 0 Å². The predicted octanol–water partition coefficient (Wildman–Crippen LogP) is 0.129. The number of fused-ring (bicyclic) bond motifs is 5. The van der Waals surface area contributed by atoms with E-state index in [1.54, 1.807) is 0 Å². The van der Waals surface area contributed by atoms with E-state index in [1.165, 1.54) is 4.90 Å². The highest BCUT2D eigenvalue weighted by atomic mass is 16.5. The molecule has 0 N–H and O–H groups in total. The van der Waals surface area contributed by atoms with Crippen LogP contribution in [0.3, 0.4) is 0 Å². The van der Waals surface area contributed by atoms with Crippen molar-refractivity contribution < 1.29 is 14.3 Å². The normalized spacial score (nSPS) is 36.6. The minimum Gasteiger partial charge on any atom is -0.379 e. The van der Waals surface area contributed by atoms with E-state index in [1.807, 2.05) is 0 Å². The fraction of sp³-hybridized carbons (Fsp3) is 0.647. The molecule has 116 valence electrons. The van der Waals surface area contributed by atoms with E-state index in [9.17, 15) is 9.59 Å². The lowest BCUT2D eigenvalue weighted by atomic mass is 9.85. The summed E-state index contributed by atoms with van der Waals surface area (Å²) in [6.07, 6.45) is 5.21. The second-order valence-corrected chi connectivity index (χ2v) is 6.50. The Hall–Kier alpha value is -1.64. The van der Waals surface area contributed by atoms with Gasteiger partial charge < -0.3 is 4.74 Å². The second kappa shape index (κ2) is 5.53. The Morgan fingerprint density at radius 3 is 2.23 bits per heavy atom. The number of likely N-dealkylation sites (tertiary alicyclic amines) is 1. The van der Waals surface area contributed by atoms with E-state index in [0.717, 1.165) is 32.7 Å². The van der Waals surface area contributed by atoms with Crippen molar-refractivity contribution in [2.24, 2.45) is 23.7 Å². The largest absolute Gasteiger partial charge is 0.379 e. The third kappa shape index (κ3) is 2.18. The van der Waals surface area contributed by atoms with E-state index in [0.29, 0.717) is 6.54 Å². The third-order valence-electron chi connectivity index (χ3n) is 5.33. The highest BCUT2D eigenvalue weighted by molar-refractivity contribution is 6.06. The Labute approximate surface area is 130 Å². The van der Waals surface area contributed by atoms with Crippen LogP contribution in [0.25, 0.3) is 0 Å². The molecule has 2 bridgehead atoms. The Morgan fingerprint density at radius 1 is 1.00 bits per heavy atom. The van der Waals surface area contributed by atoms with Crippen LogP contribution >= 0.6 is 0 Å². The Morgan fingerprint density at radius 2 is 1.59 bits per heavy atom. The minimum atomic E-state index is -0.108. The molecule has 2 amide bonds. The molecule has 0 spiro atoms. The summed E-state index contributed by atoms with van der Waals surface area (Å²) in [4.78, 5) is 28.5. The van der Waals surface area contributed by atoms with Crippen molar-refractivity contribution in [2.75, 3.05) is 39.4 Å². The Kier molecular flexibility index (Phi) is 3.51. The smallest absolute Gasteiger partial charge is 0.234 e. The first-order valence-electron chi connectivity index (χ1n) is 8.05. The van der Waals surface area contributed by atoms with Crippen LogP contribution in [0.15, 0.2) is 12.2 Å². The topological polar surface area (TPSA) is 49.9 Å². The molecule has 2 saturated heterocycles. The van der Waals surface area contributed by atoms with Crippen molar-refractivity contribution in [1.82, 2.24) is 9.80 Å². The van der Waals surface area contributed by atoms with Gasteiger partial charge in [0, 0.05) is 13.1 Å². The molecular weight excluding hydrogens is 280 g/mol. The Balaban J connectivity index is 1.36. The zero-order chi connectivity index (χ0) is 15.1. The summed E-state index contributed by atoms with van der Waals surface area (Å²) in [5.41, 5.74) is 0. The molecule has 3 fully saturated rings.